The quantitative estimate of drug-likeness (QED) is 0.741. The number of hydrogen-bond acceptors (Lipinski definition) is 3. The van der Waals surface area contributed by atoms with Crippen molar-refractivity contribution < 1.29 is 14.7 Å². The Labute approximate surface area is 119 Å². The van der Waals surface area contributed by atoms with E-state index in [4.69, 9.17) is 5.11 Å². The van der Waals surface area contributed by atoms with Crippen LogP contribution in [-0.4, -0.2) is 66.7 Å². The van der Waals surface area contributed by atoms with Gasteiger partial charge in [0, 0.05) is 20.1 Å². The molecule has 2 N–H and O–H groups in total. The van der Waals surface area contributed by atoms with Crippen LogP contribution in [0.5, 0.6) is 0 Å². The van der Waals surface area contributed by atoms with Crippen molar-refractivity contribution in [1.82, 2.24) is 15.1 Å². The van der Waals surface area contributed by atoms with Gasteiger partial charge in [0.15, 0.2) is 0 Å². The van der Waals surface area contributed by atoms with E-state index in [2.05, 4.69) is 17.3 Å². The van der Waals surface area contributed by atoms with Crippen LogP contribution in [0.15, 0.2) is 12.2 Å². The molecular formula is C14H23N3O3. The van der Waals surface area contributed by atoms with Gasteiger partial charge in [-0.15, -0.1) is 0 Å². The molecule has 0 saturated carbocycles. The van der Waals surface area contributed by atoms with E-state index in [1.54, 1.807) is 24.1 Å². The summed E-state index contributed by atoms with van der Waals surface area (Å²) >= 11 is 0. The minimum atomic E-state index is -0.833. The molecule has 0 spiro atoms. The number of carboxylic acid groups (broad SMARTS) is 1. The molecule has 1 aliphatic heterocycles. The fraction of sp³-hybridized carbons (Fsp3) is 0.714. The van der Waals surface area contributed by atoms with Crippen LogP contribution in [0, 0.1) is 11.8 Å². The molecule has 1 fully saturated rings. The van der Waals surface area contributed by atoms with Gasteiger partial charge in [-0.2, -0.15) is 0 Å². The highest BCUT2D eigenvalue weighted by molar-refractivity contribution is 5.76. The summed E-state index contributed by atoms with van der Waals surface area (Å²) in [6.07, 6.45) is 4.99. The van der Waals surface area contributed by atoms with Gasteiger partial charge in [-0.3, -0.25) is 4.79 Å². The number of aliphatic carboxylic acids is 1. The summed E-state index contributed by atoms with van der Waals surface area (Å²) in [7, 11) is 3.89. The maximum absolute atomic E-state index is 12.1. The molecule has 1 aliphatic carbocycles. The molecule has 2 rings (SSSR count). The van der Waals surface area contributed by atoms with E-state index in [0.717, 1.165) is 26.1 Å². The lowest BCUT2D eigenvalue weighted by Crippen LogP contribution is -2.44. The van der Waals surface area contributed by atoms with Gasteiger partial charge >= 0.3 is 12.0 Å². The Kier molecular flexibility index (Phi) is 4.65. The number of amides is 2. The van der Waals surface area contributed by atoms with Crippen molar-refractivity contribution in [2.24, 2.45) is 11.8 Å². The van der Waals surface area contributed by atoms with Gasteiger partial charge in [-0.25, -0.2) is 4.79 Å². The topological polar surface area (TPSA) is 72.9 Å². The average Bonchev–Trinajstić information content (AvgIpc) is 2.98. The molecule has 0 bridgehead atoms. The summed E-state index contributed by atoms with van der Waals surface area (Å²) in [6, 6.07) is -0.294. The van der Waals surface area contributed by atoms with E-state index < -0.39 is 11.9 Å². The van der Waals surface area contributed by atoms with E-state index in [0.29, 0.717) is 12.3 Å². The number of likely N-dealkylation sites (tertiary alicyclic amines) is 1. The third-order valence-corrected chi connectivity index (χ3v) is 4.08. The van der Waals surface area contributed by atoms with Crippen molar-refractivity contribution in [3.05, 3.63) is 12.2 Å². The number of carbonyl (C=O) groups excluding carboxylic acids is 1. The monoisotopic (exact) mass is 281 g/mol. The van der Waals surface area contributed by atoms with Crippen LogP contribution in [0.4, 0.5) is 4.79 Å². The fourth-order valence-electron chi connectivity index (χ4n) is 2.90. The Bertz CT molecular complexity index is 410. The van der Waals surface area contributed by atoms with Gasteiger partial charge < -0.3 is 20.2 Å². The Morgan fingerprint density at radius 2 is 2.20 bits per heavy atom. The minimum Gasteiger partial charge on any atom is -0.481 e. The molecule has 0 aromatic heterocycles. The van der Waals surface area contributed by atoms with Gasteiger partial charge in [0.1, 0.15) is 0 Å². The largest absolute Gasteiger partial charge is 0.481 e. The predicted molar refractivity (Wildman–Crippen MR) is 75.4 cm³/mol. The first kappa shape index (κ1) is 14.8. The Morgan fingerprint density at radius 1 is 1.45 bits per heavy atom. The standard InChI is InChI=1S/C14H23N3O3/c1-16-6-5-10(8-16)9-17(2)14(20)15-12-4-3-11(7-12)13(18)19/h3-4,10-12H,5-9H2,1-2H3,(H,15,20)(H,18,19). The molecule has 20 heavy (non-hydrogen) atoms. The smallest absolute Gasteiger partial charge is 0.317 e. The second-order valence-corrected chi connectivity index (χ2v) is 5.92. The van der Waals surface area contributed by atoms with E-state index in [1.807, 2.05) is 0 Å². The molecule has 6 heteroatoms. The van der Waals surface area contributed by atoms with E-state index >= 15 is 0 Å². The average molecular weight is 281 g/mol. The van der Waals surface area contributed by atoms with Crippen molar-refractivity contribution in [1.29, 1.82) is 0 Å². The first-order chi connectivity index (χ1) is 9.45. The summed E-state index contributed by atoms with van der Waals surface area (Å²) in [5.41, 5.74) is 0. The number of carboxylic acids is 1. The zero-order valence-electron chi connectivity index (χ0n) is 12.1. The van der Waals surface area contributed by atoms with E-state index in [9.17, 15) is 9.59 Å². The maximum atomic E-state index is 12.1. The van der Waals surface area contributed by atoms with Crippen LogP contribution < -0.4 is 5.32 Å². The highest BCUT2D eigenvalue weighted by Gasteiger charge is 2.27. The van der Waals surface area contributed by atoms with Gasteiger partial charge in [-0.05, 0) is 32.4 Å². The van der Waals surface area contributed by atoms with Gasteiger partial charge in [-0.1, -0.05) is 12.2 Å². The summed E-state index contributed by atoms with van der Waals surface area (Å²) in [5, 5.41) is 11.8. The minimum absolute atomic E-state index is 0.125. The van der Waals surface area contributed by atoms with Crippen molar-refractivity contribution >= 4 is 12.0 Å². The second-order valence-electron chi connectivity index (χ2n) is 5.92. The lowest BCUT2D eigenvalue weighted by atomic mass is 10.1. The highest BCUT2D eigenvalue weighted by atomic mass is 16.4. The molecule has 1 saturated heterocycles. The first-order valence-electron chi connectivity index (χ1n) is 7.07. The number of nitrogens with zero attached hydrogens (tertiary/aromatic N) is 2. The van der Waals surface area contributed by atoms with Crippen LogP contribution in [-0.2, 0) is 4.79 Å². The molecule has 3 unspecified atom stereocenters. The van der Waals surface area contributed by atoms with Crippen molar-refractivity contribution in [2.45, 2.75) is 18.9 Å². The normalized spacial score (nSPS) is 29.6. The Balaban J connectivity index is 1.75. The lowest BCUT2D eigenvalue weighted by Gasteiger charge is -2.23. The van der Waals surface area contributed by atoms with Crippen molar-refractivity contribution in [2.75, 3.05) is 33.7 Å². The third-order valence-electron chi connectivity index (χ3n) is 4.08. The first-order valence-corrected chi connectivity index (χ1v) is 7.07. The summed E-state index contributed by atoms with van der Waals surface area (Å²) in [6.45, 7) is 2.86. The molecule has 1 heterocycles. The van der Waals surface area contributed by atoms with Crippen LogP contribution in [0.3, 0.4) is 0 Å². The number of carbonyl (C=O) groups is 2. The molecule has 0 aromatic rings. The van der Waals surface area contributed by atoms with E-state index in [1.165, 1.54) is 0 Å². The number of nitrogens with one attached hydrogen (secondary N) is 1. The maximum Gasteiger partial charge on any atom is 0.317 e. The summed E-state index contributed by atoms with van der Waals surface area (Å²) in [5.74, 6) is -0.781. The zero-order valence-corrected chi connectivity index (χ0v) is 12.1. The van der Waals surface area contributed by atoms with Crippen LogP contribution in [0.25, 0.3) is 0 Å². The number of urea groups is 1. The van der Waals surface area contributed by atoms with Gasteiger partial charge in [0.25, 0.3) is 0 Å². The van der Waals surface area contributed by atoms with Gasteiger partial charge in [0.05, 0.1) is 12.0 Å². The molecular weight excluding hydrogens is 258 g/mol. The molecule has 6 nitrogen and oxygen atoms in total. The molecule has 2 amide bonds. The van der Waals surface area contributed by atoms with Gasteiger partial charge in [0.2, 0.25) is 0 Å². The highest BCUT2D eigenvalue weighted by Crippen LogP contribution is 2.19. The molecule has 0 aromatic carbocycles. The molecule has 3 atom stereocenters. The Morgan fingerprint density at radius 3 is 2.75 bits per heavy atom. The third kappa shape index (κ3) is 3.72. The zero-order chi connectivity index (χ0) is 14.7. The Hall–Kier alpha value is -1.56. The number of rotatable bonds is 4. The molecule has 2 aliphatic rings. The number of hydrogen-bond donors (Lipinski definition) is 2. The lowest BCUT2D eigenvalue weighted by molar-refractivity contribution is -0.140. The summed E-state index contributed by atoms with van der Waals surface area (Å²) in [4.78, 5) is 26.9. The van der Waals surface area contributed by atoms with Crippen molar-refractivity contribution in [3.63, 3.8) is 0 Å². The van der Waals surface area contributed by atoms with Crippen LogP contribution >= 0.6 is 0 Å². The van der Waals surface area contributed by atoms with Crippen LogP contribution in [0.1, 0.15) is 12.8 Å². The second kappa shape index (κ2) is 6.26. The summed E-state index contributed by atoms with van der Waals surface area (Å²) < 4.78 is 0. The molecule has 0 radical (unpaired) electrons. The van der Waals surface area contributed by atoms with E-state index in [-0.39, 0.29) is 12.1 Å². The predicted octanol–water partition coefficient (Wildman–Crippen LogP) is 0.609. The fourth-order valence-corrected chi connectivity index (χ4v) is 2.90. The van der Waals surface area contributed by atoms with Crippen molar-refractivity contribution in [3.8, 4) is 0 Å². The molecule has 112 valence electrons. The van der Waals surface area contributed by atoms with Crippen LogP contribution in [0.2, 0.25) is 0 Å². The SMILES string of the molecule is CN1CCC(CN(C)C(=O)NC2C=CC(C(=O)O)C2)C1.